The van der Waals surface area contributed by atoms with Crippen LogP contribution in [-0.2, 0) is 9.59 Å². The highest BCUT2D eigenvalue weighted by Crippen LogP contribution is 2.21. The predicted molar refractivity (Wildman–Crippen MR) is 115 cm³/mol. The van der Waals surface area contributed by atoms with Gasteiger partial charge in [-0.1, -0.05) is 25.1 Å². The molecule has 0 spiro atoms. The van der Waals surface area contributed by atoms with Gasteiger partial charge in [-0.2, -0.15) is 5.10 Å². The molecule has 0 fully saturated rings. The molecule has 0 radical (unpaired) electrons. The third kappa shape index (κ3) is 5.92. The second-order valence-corrected chi connectivity index (χ2v) is 7.73. The lowest BCUT2D eigenvalue weighted by atomic mass is 10.2. The first-order valence-corrected chi connectivity index (χ1v) is 10.2. The summed E-state index contributed by atoms with van der Waals surface area (Å²) in [5, 5.41) is 9.72. The van der Waals surface area contributed by atoms with Gasteiger partial charge >= 0.3 is 0 Å². The molecular weight excluding hydrogens is 386 g/mol. The topological polar surface area (TPSA) is 88.9 Å². The van der Waals surface area contributed by atoms with Gasteiger partial charge in [0.05, 0.1) is 0 Å². The molecule has 0 aliphatic heterocycles. The molecule has 1 heterocycles. The predicted octanol–water partition coefficient (Wildman–Crippen LogP) is 3.84. The molecule has 0 saturated heterocycles. The first kappa shape index (κ1) is 20.6. The van der Waals surface area contributed by atoms with Crippen molar-refractivity contribution >= 4 is 35.0 Å². The maximum absolute atomic E-state index is 12.4. The Hall–Kier alpha value is -3.13. The molecule has 7 nitrogen and oxygen atoms in total. The lowest BCUT2D eigenvalue weighted by Crippen LogP contribution is -2.24. The summed E-state index contributed by atoms with van der Waals surface area (Å²) in [5.41, 5.74) is 1.33. The fourth-order valence-electron chi connectivity index (χ4n) is 2.50. The summed E-state index contributed by atoms with van der Waals surface area (Å²) >= 11 is 1.66. The lowest BCUT2D eigenvalue weighted by Gasteiger charge is -2.14. The Balaban J connectivity index is 1.49. The standard InChI is InChI=1S/C21H23N5O2S/c1-15(12-29-19-6-4-3-5-7-19)20(27)24-17-8-10-18(11-9-17)25-21(28)16(2)26-14-22-13-23-26/h3-11,13-16H,12H2,1-2H3,(H,24,27)(H,25,28). The number of carbonyl (C=O) groups excluding carboxylic acids is 2. The first-order valence-electron chi connectivity index (χ1n) is 9.26. The zero-order valence-electron chi connectivity index (χ0n) is 16.3. The van der Waals surface area contributed by atoms with Crippen LogP contribution >= 0.6 is 11.8 Å². The smallest absolute Gasteiger partial charge is 0.249 e. The Morgan fingerprint density at radius 2 is 1.59 bits per heavy atom. The van der Waals surface area contributed by atoms with Gasteiger partial charge in [-0.3, -0.25) is 9.59 Å². The van der Waals surface area contributed by atoms with E-state index in [1.807, 2.05) is 37.3 Å². The Bertz CT molecular complexity index is 929. The van der Waals surface area contributed by atoms with Gasteiger partial charge in [0.15, 0.2) is 0 Å². The minimum Gasteiger partial charge on any atom is -0.326 e. The molecule has 2 atom stereocenters. The van der Waals surface area contributed by atoms with Gasteiger partial charge in [0.2, 0.25) is 11.8 Å². The van der Waals surface area contributed by atoms with E-state index in [-0.39, 0.29) is 17.7 Å². The molecule has 3 aromatic rings. The Labute approximate surface area is 173 Å². The van der Waals surface area contributed by atoms with Gasteiger partial charge in [-0.15, -0.1) is 11.8 Å². The summed E-state index contributed by atoms with van der Waals surface area (Å²) in [5.74, 6) is 0.330. The number of thioether (sulfide) groups is 1. The van der Waals surface area contributed by atoms with Crippen LogP contribution in [0, 0.1) is 5.92 Å². The highest BCUT2D eigenvalue weighted by Gasteiger charge is 2.16. The number of anilines is 2. The quantitative estimate of drug-likeness (QED) is 0.552. The zero-order chi connectivity index (χ0) is 20.6. The molecule has 2 unspecified atom stereocenters. The van der Waals surface area contributed by atoms with E-state index in [1.165, 1.54) is 17.3 Å². The van der Waals surface area contributed by atoms with Crippen LogP contribution in [0.3, 0.4) is 0 Å². The van der Waals surface area contributed by atoms with Gasteiger partial charge in [0.25, 0.3) is 0 Å². The summed E-state index contributed by atoms with van der Waals surface area (Å²) in [4.78, 5) is 29.7. The van der Waals surface area contributed by atoms with E-state index in [4.69, 9.17) is 0 Å². The molecule has 0 saturated carbocycles. The number of nitrogens with one attached hydrogen (secondary N) is 2. The fourth-order valence-corrected chi connectivity index (χ4v) is 3.44. The van der Waals surface area contributed by atoms with Crippen molar-refractivity contribution in [3.63, 3.8) is 0 Å². The van der Waals surface area contributed by atoms with Crippen LogP contribution in [0.2, 0.25) is 0 Å². The average Bonchev–Trinajstić information content (AvgIpc) is 3.28. The molecule has 150 valence electrons. The molecular formula is C21H23N5O2S. The van der Waals surface area contributed by atoms with Crippen LogP contribution in [0.1, 0.15) is 19.9 Å². The highest BCUT2D eigenvalue weighted by atomic mass is 32.2. The fraction of sp³-hybridized carbons (Fsp3) is 0.238. The van der Waals surface area contributed by atoms with Crippen molar-refractivity contribution in [1.82, 2.24) is 14.8 Å². The largest absolute Gasteiger partial charge is 0.326 e. The number of aromatic nitrogens is 3. The van der Waals surface area contributed by atoms with Crippen LogP contribution in [0.15, 0.2) is 72.1 Å². The normalized spacial score (nSPS) is 12.8. The van der Waals surface area contributed by atoms with E-state index < -0.39 is 6.04 Å². The SMILES string of the molecule is CC(CSc1ccccc1)C(=O)Nc1ccc(NC(=O)C(C)n2cncn2)cc1. The van der Waals surface area contributed by atoms with Crippen molar-refractivity contribution in [2.24, 2.45) is 5.92 Å². The number of hydrogen-bond donors (Lipinski definition) is 2. The monoisotopic (exact) mass is 409 g/mol. The van der Waals surface area contributed by atoms with Crippen molar-refractivity contribution in [2.75, 3.05) is 16.4 Å². The van der Waals surface area contributed by atoms with Crippen LogP contribution in [-0.4, -0.2) is 32.3 Å². The van der Waals surface area contributed by atoms with E-state index in [0.717, 1.165) is 4.90 Å². The molecule has 29 heavy (non-hydrogen) atoms. The molecule has 2 amide bonds. The third-order valence-corrected chi connectivity index (χ3v) is 5.60. The maximum Gasteiger partial charge on any atom is 0.249 e. The lowest BCUT2D eigenvalue weighted by molar-refractivity contribution is -0.119. The summed E-state index contributed by atoms with van der Waals surface area (Å²) in [6.45, 7) is 3.65. The van der Waals surface area contributed by atoms with Gasteiger partial charge in [0.1, 0.15) is 18.7 Å². The van der Waals surface area contributed by atoms with Gasteiger partial charge in [-0.05, 0) is 43.3 Å². The minimum absolute atomic E-state index is 0.0370. The van der Waals surface area contributed by atoms with Crippen LogP contribution in [0.5, 0.6) is 0 Å². The molecule has 3 rings (SSSR count). The molecule has 0 aliphatic carbocycles. The summed E-state index contributed by atoms with van der Waals surface area (Å²) in [7, 11) is 0. The van der Waals surface area contributed by atoms with E-state index >= 15 is 0 Å². The zero-order valence-corrected chi connectivity index (χ0v) is 17.1. The van der Waals surface area contributed by atoms with E-state index in [9.17, 15) is 9.59 Å². The van der Waals surface area contributed by atoms with Gasteiger partial charge in [0, 0.05) is 27.9 Å². The highest BCUT2D eigenvalue weighted by molar-refractivity contribution is 7.99. The van der Waals surface area contributed by atoms with Crippen molar-refractivity contribution in [3.05, 3.63) is 67.3 Å². The Morgan fingerprint density at radius 3 is 2.17 bits per heavy atom. The van der Waals surface area contributed by atoms with Gasteiger partial charge < -0.3 is 10.6 Å². The molecule has 8 heteroatoms. The first-order chi connectivity index (χ1) is 14.0. The van der Waals surface area contributed by atoms with Crippen LogP contribution in [0.25, 0.3) is 0 Å². The average molecular weight is 410 g/mol. The second-order valence-electron chi connectivity index (χ2n) is 6.63. The molecule has 0 bridgehead atoms. The van der Waals surface area contributed by atoms with Crippen LogP contribution < -0.4 is 10.6 Å². The summed E-state index contributed by atoms with van der Waals surface area (Å²) < 4.78 is 1.48. The summed E-state index contributed by atoms with van der Waals surface area (Å²) in [6.07, 6.45) is 2.89. The number of carbonyl (C=O) groups is 2. The Morgan fingerprint density at radius 1 is 0.966 bits per heavy atom. The number of rotatable bonds is 8. The number of amides is 2. The Kier molecular flexibility index (Phi) is 7.02. The molecule has 2 aromatic carbocycles. The molecule has 1 aromatic heterocycles. The van der Waals surface area contributed by atoms with Crippen molar-refractivity contribution in [2.45, 2.75) is 24.8 Å². The summed E-state index contributed by atoms with van der Waals surface area (Å²) in [6, 6.07) is 16.6. The van der Waals surface area contributed by atoms with Crippen molar-refractivity contribution in [1.29, 1.82) is 0 Å². The van der Waals surface area contributed by atoms with Crippen molar-refractivity contribution < 1.29 is 9.59 Å². The number of benzene rings is 2. The van der Waals surface area contributed by atoms with Crippen LogP contribution in [0.4, 0.5) is 11.4 Å². The van der Waals surface area contributed by atoms with E-state index in [1.54, 1.807) is 43.0 Å². The number of nitrogens with zero attached hydrogens (tertiary/aromatic N) is 3. The van der Waals surface area contributed by atoms with Crippen molar-refractivity contribution in [3.8, 4) is 0 Å². The molecule has 2 N–H and O–H groups in total. The number of hydrogen-bond acceptors (Lipinski definition) is 5. The second kappa shape index (κ2) is 9.88. The van der Waals surface area contributed by atoms with E-state index in [0.29, 0.717) is 17.1 Å². The third-order valence-electron chi connectivity index (χ3n) is 4.32. The van der Waals surface area contributed by atoms with Gasteiger partial charge in [-0.25, -0.2) is 9.67 Å². The maximum atomic E-state index is 12.4. The van der Waals surface area contributed by atoms with E-state index in [2.05, 4.69) is 20.7 Å². The molecule has 0 aliphatic rings. The minimum atomic E-state index is -0.472.